The van der Waals surface area contributed by atoms with Crippen molar-refractivity contribution in [1.29, 1.82) is 0 Å². The maximum Gasteiger partial charge on any atom is 0.251 e. The van der Waals surface area contributed by atoms with E-state index in [-0.39, 0.29) is 11.9 Å². The SMILES string of the molecule is C[C@@H](NC(=O)c1ccc(N)c(Br)c1)c1cccs1. The van der Waals surface area contributed by atoms with E-state index in [1.54, 1.807) is 29.5 Å². The summed E-state index contributed by atoms with van der Waals surface area (Å²) in [6, 6.07) is 9.16. The van der Waals surface area contributed by atoms with Crippen molar-refractivity contribution in [3.63, 3.8) is 0 Å². The Labute approximate surface area is 118 Å². The Morgan fingerprint density at radius 3 is 2.83 bits per heavy atom. The van der Waals surface area contributed by atoms with E-state index in [0.717, 1.165) is 9.35 Å². The van der Waals surface area contributed by atoms with E-state index in [4.69, 9.17) is 5.73 Å². The minimum atomic E-state index is -0.100. The van der Waals surface area contributed by atoms with Gasteiger partial charge in [0.05, 0.1) is 6.04 Å². The van der Waals surface area contributed by atoms with Gasteiger partial charge in [-0.3, -0.25) is 4.79 Å². The second-order valence-electron chi connectivity index (χ2n) is 3.95. The number of carbonyl (C=O) groups is 1. The molecular formula is C13H13BrN2OS. The van der Waals surface area contributed by atoms with E-state index in [1.165, 1.54) is 0 Å². The van der Waals surface area contributed by atoms with Crippen LogP contribution >= 0.6 is 27.3 Å². The molecule has 1 aromatic carbocycles. The lowest BCUT2D eigenvalue weighted by molar-refractivity contribution is 0.0940. The molecule has 5 heteroatoms. The standard InChI is InChI=1S/C13H13BrN2OS/c1-8(12-3-2-6-18-12)16-13(17)9-4-5-11(15)10(14)7-9/h2-8H,15H2,1H3,(H,16,17)/t8-/m1/s1. The van der Waals surface area contributed by atoms with Gasteiger partial charge in [-0.15, -0.1) is 11.3 Å². The maximum absolute atomic E-state index is 12.0. The molecule has 0 radical (unpaired) electrons. The number of amides is 1. The normalized spacial score (nSPS) is 12.1. The molecule has 94 valence electrons. The van der Waals surface area contributed by atoms with E-state index in [2.05, 4.69) is 21.2 Å². The first-order valence-corrected chi connectivity index (χ1v) is 7.14. The van der Waals surface area contributed by atoms with Crippen LogP contribution in [0.5, 0.6) is 0 Å². The second-order valence-corrected chi connectivity index (χ2v) is 5.78. The zero-order valence-corrected chi connectivity index (χ0v) is 12.2. The van der Waals surface area contributed by atoms with Gasteiger partial charge in [-0.05, 0) is 52.5 Å². The molecule has 1 atom stereocenters. The van der Waals surface area contributed by atoms with E-state index >= 15 is 0 Å². The van der Waals surface area contributed by atoms with Crippen LogP contribution < -0.4 is 11.1 Å². The van der Waals surface area contributed by atoms with Crippen molar-refractivity contribution in [2.24, 2.45) is 0 Å². The zero-order valence-electron chi connectivity index (χ0n) is 9.81. The number of thiophene rings is 1. The largest absolute Gasteiger partial charge is 0.398 e. The fraction of sp³-hybridized carbons (Fsp3) is 0.154. The molecule has 3 nitrogen and oxygen atoms in total. The van der Waals surface area contributed by atoms with E-state index in [1.807, 2.05) is 24.4 Å². The van der Waals surface area contributed by atoms with Crippen LogP contribution in [0.15, 0.2) is 40.2 Å². The number of hydrogen-bond acceptors (Lipinski definition) is 3. The van der Waals surface area contributed by atoms with Crippen molar-refractivity contribution in [3.05, 3.63) is 50.6 Å². The highest BCUT2D eigenvalue weighted by atomic mass is 79.9. The predicted octanol–water partition coefficient (Wildman–Crippen LogP) is 3.58. The van der Waals surface area contributed by atoms with Crippen LogP contribution in [0.2, 0.25) is 0 Å². The van der Waals surface area contributed by atoms with Gasteiger partial charge >= 0.3 is 0 Å². The van der Waals surface area contributed by atoms with E-state index < -0.39 is 0 Å². The van der Waals surface area contributed by atoms with Gasteiger partial charge in [-0.2, -0.15) is 0 Å². The average Bonchev–Trinajstić information content (AvgIpc) is 2.86. The minimum absolute atomic E-state index is 0.00817. The van der Waals surface area contributed by atoms with Crippen LogP contribution in [0.3, 0.4) is 0 Å². The molecule has 18 heavy (non-hydrogen) atoms. The molecular weight excluding hydrogens is 312 g/mol. The highest BCUT2D eigenvalue weighted by molar-refractivity contribution is 9.10. The smallest absolute Gasteiger partial charge is 0.251 e. The summed E-state index contributed by atoms with van der Waals surface area (Å²) in [7, 11) is 0. The van der Waals surface area contributed by atoms with Gasteiger partial charge in [0.25, 0.3) is 5.91 Å². The number of nitrogens with two attached hydrogens (primary N) is 1. The monoisotopic (exact) mass is 324 g/mol. The summed E-state index contributed by atoms with van der Waals surface area (Å²) in [5.41, 5.74) is 6.91. The lowest BCUT2D eigenvalue weighted by atomic mass is 10.2. The van der Waals surface area contributed by atoms with Crippen molar-refractivity contribution in [1.82, 2.24) is 5.32 Å². The Balaban J connectivity index is 2.10. The highest BCUT2D eigenvalue weighted by Gasteiger charge is 2.12. The minimum Gasteiger partial charge on any atom is -0.398 e. The van der Waals surface area contributed by atoms with Crippen LogP contribution in [-0.4, -0.2) is 5.91 Å². The number of carbonyl (C=O) groups excluding carboxylic acids is 1. The summed E-state index contributed by atoms with van der Waals surface area (Å²) in [6.07, 6.45) is 0. The second kappa shape index (κ2) is 5.54. The molecule has 2 rings (SSSR count). The maximum atomic E-state index is 12.0. The van der Waals surface area contributed by atoms with Gasteiger partial charge in [0.2, 0.25) is 0 Å². The fourth-order valence-corrected chi connectivity index (χ4v) is 2.67. The van der Waals surface area contributed by atoms with Crippen LogP contribution in [0.1, 0.15) is 28.2 Å². The van der Waals surface area contributed by atoms with Gasteiger partial charge < -0.3 is 11.1 Å². The molecule has 1 heterocycles. The van der Waals surface area contributed by atoms with Gasteiger partial charge in [-0.25, -0.2) is 0 Å². The van der Waals surface area contributed by atoms with Gasteiger partial charge in [0, 0.05) is 20.6 Å². The molecule has 0 bridgehead atoms. The summed E-state index contributed by atoms with van der Waals surface area (Å²) in [6.45, 7) is 1.97. The Morgan fingerprint density at radius 1 is 1.44 bits per heavy atom. The summed E-state index contributed by atoms with van der Waals surface area (Å²) >= 11 is 4.95. The first kappa shape index (κ1) is 13.1. The Hall–Kier alpha value is -1.33. The average molecular weight is 325 g/mol. The number of anilines is 1. The van der Waals surface area contributed by atoms with Gasteiger partial charge in [0.15, 0.2) is 0 Å². The van der Waals surface area contributed by atoms with Gasteiger partial charge in [0.1, 0.15) is 0 Å². The lowest BCUT2D eigenvalue weighted by Crippen LogP contribution is -2.26. The van der Waals surface area contributed by atoms with E-state index in [0.29, 0.717) is 11.3 Å². The number of benzene rings is 1. The number of nitrogens with one attached hydrogen (secondary N) is 1. The van der Waals surface area contributed by atoms with Crippen molar-refractivity contribution < 1.29 is 4.79 Å². The molecule has 1 aromatic heterocycles. The quantitative estimate of drug-likeness (QED) is 0.848. The molecule has 1 amide bonds. The van der Waals surface area contributed by atoms with Crippen molar-refractivity contribution in [2.75, 3.05) is 5.73 Å². The zero-order chi connectivity index (χ0) is 13.1. The first-order chi connectivity index (χ1) is 8.58. The molecule has 0 aliphatic carbocycles. The lowest BCUT2D eigenvalue weighted by Gasteiger charge is -2.12. The number of halogens is 1. The predicted molar refractivity (Wildman–Crippen MR) is 78.8 cm³/mol. The molecule has 2 aromatic rings. The Kier molecular flexibility index (Phi) is 4.04. The Morgan fingerprint density at radius 2 is 2.22 bits per heavy atom. The number of hydrogen-bond donors (Lipinski definition) is 2. The third-order valence-electron chi connectivity index (χ3n) is 2.58. The summed E-state index contributed by atoms with van der Waals surface area (Å²) in [5, 5.41) is 4.95. The molecule has 0 fully saturated rings. The van der Waals surface area contributed by atoms with Crippen LogP contribution in [0.4, 0.5) is 5.69 Å². The summed E-state index contributed by atoms with van der Waals surface area (Å²) in [4.78, 5) is 13.2. The fourth-order valence-electron chi connectivity index (χ4n) is 1.56. The van der Waals surface area contributed by atoms with Gasteiger partial charge in [-0.1, -0.05) is 6.07 Å². The molecule has 0 aliphatic rings. The molecule has 0 saturated carbocycles. The molecule has 0 spiro atoms. The molecule has 3 N–H and O–H groups in total. The topological polar surface area (TPSA) is 55.1 Å². The van der Waals surface area contributed by atoms with Crippen LogP contribution in [-0.2, 0) is 0 Å². The van der Waals surface area contributed by atoms with E-state index in [9.17, 15) is 4.79 Å². The van der Waals surface area contributed by atoms with Crippen molar-refractivity contribution in [3.8, 4) is 0 Å². The van der Waals surface area contributed by atoms with Crippen LogP contribution in [0.25, 0.3) is 0 Å². The third kappa shape index (κ3) is 2.91. The Bertz CT molecular complexity index is 554. The summed E-state index contributed by atoms with van der Waals surface area (Å²) < 4.78 is 0.735. The summed E-state index contributed by atoms with van der Waals surface area (Å²) in [5.74, 6) is -0.100. The van der Waals surface area contributed by atoms with Crippen LogP contribution in [0, 0.1) is 0 Å². The molecule has 0 saturated heterocycles. The highest BCUT2D eigenvalue weighted by Crippen LogP contribution is 2.22. The number of rotatable bonds is 3. The molecule has 0 unspecified atom stereocenters. The van der Waals surface area contributed by atoms with Crippen molar-refractivity contribution in [2.45, 2.75) is 13.0 Å². The molecule has 0 aliphatic heterocycles. The van der Waals surface area contributed by atoms with Crippen molar-refractivity contribution >= 4 is 38.9 Å². The number of nitrogen functional groups attached to an aromatic ring is 1. The third-order valence-corrected chi connectivity index (χ3v) is 4.32. The first-order valence-electron chi connectivity index (χ1n) is 5.47.